The standard InChI is InChI=1S/C16H29N3O/c1-11(2-3-17)10-18-15(20)19-16-7-12-4-13(8-16)6-14(5-12)9-16/h11-14H,2-10,17H2,1H3,(H2,18,19,20). The van der Waals surface area contributed by atoms with E-state index in [0.717, 1.165) is 30.7 Å². The lowest BCUT2D eigenvalue weighted by Crippen LogP contribution is -2.61. The molecule has 4 N–H and O–H groups in total. The van der Waals surface area contributed by atoms with Gasteiger partial charge in [0, 0.05) is 12.1 Å². The number of urea groups is 1. The van der Waals surface area contributed by atoms with Crippen molar-refractivity contribution in [2.24, 2.45) is 29.4 Å². The zero-order chi connectivity index (χ0) is 14.2. The van der Waals surface area contributed by atoms with Crippen LogP contribution in [0.1, 0.15) is 51.9 Å². The molecule has 4 saturated carbocycles. The topological polar surface area (TPSA) is 67.1 Å². The Labute approximate surface area is 122 Å². The maximum absolute atomic E-state index is 12.2. The van der Waals surface area contributed by atoms with Crippen LogP contribution >= 0.6 is 0 Å². The van der Waals surface area contributed by atoms with Crippen LogP contribution in [0, 0.1) is 23.7 Å². The summed E-state index contributed by atoms with van der Waals surface area (Å²) in [6, 6.07) is 0.0378. The Kier molecular flexibility index (Phi) is 3.93. The van der Waals surface area contributed by atoms with Crippen molar-refractivity contribution in [1.29, 1.82) is 0 Å². The Hall–Kier alpha value is -0.770. The molecule has 4 rings (SSSR count). The Morgan fingerprint density at radius 1 is 1.20 bits per heavy atom. The summed E-state index contributed by atoms with van der Waals surface area (Å²) < 4.78 is 0. The van der Waals surface area contributed by atoms with E-state index in [1.807, 2.05) is 0 Å². The first-order valence-electron chi connectivity index (χ1n) is 8.34. The van der Waals surface area contributed by atoms with Crippen LogP contribution in [-0.2, 0) is 0 Å². The van der Waals surface area contributed by atoms with Gasteiger partial charge in [0.2, 0.25) is 0 Å². The van der Waals surface area contributed by atoms with Crippen molar-refractivity contribution < 1.29 is 4.79 Å². The molecule has 0 aliphatic heterocycles. The van der Waals surface area contributed by atoms with Crippen LogP contribution in [0.2, 0.25) is 0 Å². The minimum absolute atomic E-state index is 0.0378. The van der Waals surface area contributed by atoms with Crippen molar-refractivity contribution in [3.63, 3.8) is 0 Å². The van der Waals surface area contributed by atoms with Gasteiger partial charge in [0.25, 0.3) is 0 Å². The molecule has 4 heteroatoms. The predicted molar refractivity (Wildman–Crippen MR) is 80.3 cm³/mol. The third-order valence-corrected chi connectivity index (χ3v) is 5.69. The second-order valence-corrected chi connectivity index (χ2v) is 7.72. The summed E-state index contributed by atoms with van der Waals surface area (Å²) in [5, 5.41) is 6.38. The Morgan fingerprint density at radius 2 is 1.75 bits per heavy atom. The third-order valence-electron chi connectivity index (χ3n) is 5.69. The lowest BCUT2D eigenvalue weighted by Gasteiger charge is -2.56. The molecule has 4 aliphatic rings. The molecule has 0 aromatic heterocycles. The molecule has 0 aromatic rings. The van der Waals surface area contributed by atoms with Crippen molar-refractivity contribution >= 4 is 6.03 Å². The van der Waals surface area contributed by atoms with E-state index in [1.54, 1.807) is 0 Å². The van der Waals surface area contributed by atoms with Crippen LogP contribution in [-0.4, -0.2) is 24.7 Å². The second-order valence-electron chi connectivity index (χ2n) is 7.72. The SMILES string of the molecule is CC(CCN)CNC(=O)NC12CC3CC(CC(C3)C1)C2. The summed E-state index contributed by atoms with van der Waals surface area (Å²) in [5.74, 6) is 3.08. The van der Waals surface area contributed by atoms with E-state index in [2.05, 4.69) is 17.6 Å². The van der Waals surface area contributed by atoms with Gasteiger partial charge >= 0.3 is 6.03 Å². The number of hydrogen-bond donors (Lipinski definition) is 3. The van der Waals surface area contributed by atoms with Crippen LogP contribution in [0.3, 0.4) is 0 Å². The van der Waals surface area contributed by atoms with Crippen LogP contribution in [0.5, 0.6) is 0 Å². The molecule has 0 aromatic carbocycles. The van der Waals surface area contributed by atoms with E-state index in [4.69, 9.17) is 5.73 Å². The van der Waals surface area contributed by atoms with E-state index in [-0.39, 0.29) is 11.6 Å². The van der Waals surface area contributed by atoms with Crippen molar-refractivity contribution in [3.8, 4) is 0 Å². The number of nitrogens with two attached hydrogens (primary N) is 1. The molecule has 0 spiro atoms. The van der Waals surface area contributed by atoms with Crippen LogP contribution in [0.25, 0.3) is 0 Å². The minimum Gasteiger partial charge on any atom is -0.338 e. The molecule has 1 atom stereocenters. The lowest BCUT2D eigenvalue weighted by atomic mass is 9.53. The third kappa shape index (κ3) is 2.95. The van der Waals surface area contributed by atoms with E-state index in [1.165, 1.54) is 38.5 Å². The minimum atomic E-state index is 0.0378. The average Bonchev–Trinajstić information content (AvgIpc) is 2.34. The Morgan fingerprint density at radius 3 is 2.25 bits per heavy atom. The van der Waals surface area contributed by atoms with Gasteiger partial charge in [-0.2, -0.15) is 0 Å². The van der Waals surface area contributed by atoms with Crippen molar-refractivity contribution in [3.05, 3.63) is 0 Å². The zero-order valence-electron chi connectivity index (χ0n) is 12.7. The molecule has 0 saturated heterocycles. The number of hydrogen-bond acceptors (Lipinski definition) is 2. The normalized spacial score (nSPS) is 39.6. The first-order chi connectivity index (χ1) is 9.58. The molecule has 4 aliphatic carbocycles. The zero-order valence-corrected chi connectivity index (χ0v) is 12.7. The van der Waals surface area contributed by atoms with E-state index in [9.17, 15) is 4.79 Å². The molecule has 0 heterocycles. The van der Waals surface area contributed by atoms with Gasteiger partial charge in [-0.05, 0) is 75.2 Å². The summed E-state index contributed by atoms with van der Waals surface area (Å²) in [6.07, 6.45) is 8.85. The molecular weight excluding hydrogens is 250 g/mol. The molecule has 2 amide bonds. The molecule has 4 nitrogen and oxygen atoms in total. The van der Waals surface area contributed by atoms with Crippen molar-refractivity contribution in [2.75, 3.05) is 13.1 Å². The molecule has 114 valence electrons. The highest BCUT2D eigenvalue weighted by atomic mass is 16.2. The van der Waals surface area contributed by atoms with Crippen molar-refractivity contribution in [1.82, 2.24) is 10.6 Å². The number of amides is 2. The molecule has 4 fully saturated rings. The highest BCUT2D eigenvalue weighted by Gasteiger charge is 2.51. The number of nitrogens with one attached hydrogen (secondary N) is 2. The van der Waals surface area contributed by atoms with Gasteiger partial charge in [-0.3, -0.25) is 0 Å². The highest BCUT2D eigenvalue weighted by molar-refractivity contribution is 5.74. The largest absolute Gasteiger partial charge is 0.338 e. The smallest absolute Gasteiger partial charge is 0.315 e. The molecule has 1 unspecified atom stereocenters. The van der Waals surface area contributed by atoms with Gasteiger partial charge < -0.3 is 16.4 Å². The fraction of sp³-hybridized carbons (Fsp3) is 0.938. The van der Waals surface area contributed by atoms with E-state index in [0.29, 0.717) is 12.5 Å². The Bertz CT molecular complexity index is 333. The number of carbonyl (C=O) groups excluding carboxylic acids is 1. The molecule has 20 heavy (non-hydrogen) atoms. The van der Waals surface area contributed by atoms with E-state index < -0.39 is 0 Å². The van der Waals surface area contributed by atoms with Gasteiger partial charge in [0.05, 0.1) is 0 Å². The average molecular weight is 279 g/mol. The van der Waals surface area contributed by atoms with Gasteiger partial charge in [-0.15, -0.1) is 0 Å². The van der Waals surface area contributed by atoms with Gasteiger partial charge in [0.1, 0.15) is 0 Å². The summed E-state index contributed by atoms with van der Waals surface area (Å²) in [7, 11) is 0. The first-order valence-corrected chi connectivity index (χ1v) is 8.34. The number of rotatable bonds is 5. The second kappa shape index (κ2) is 5.55. The fourth-order valence-electron chi connectivity index (χ4n) is 5.20. The van der Waals surface area contributed by atoms with Gasteiger partial charge in [0.15, 0.2) is 0 Å². The van der Waals surface area contributed by atoms with Crippen molar-refractivity contribution in [2.45, 2.75) is 57.4 Å². The van der Waals surface area contributed by atoms with Gasteiger partial charge in [-0.1, -0.05) is 6.92 Å². The molecular formula is C16H29N3O. The lowest BCUT2D eigenvalue weighted by molar-refractivity contribution is -0.0135. The highest BCUT2D eigenvalue weighted by Crippen LogP contribution is 2.55. The summed E-state index contributed by atoms with van der Waals surface area (Å²) in [6.45, 7) is 3.56. The van der Waals surface area contributed by atoms with E-state index >= 15 is 0 Å². The quantitative estimate of drug-likeness (QED) is 0.722. The summed E-state index contributed by atoms with van der Waals surface area (Å²) in [5.41, 5.74) is 5.66. The maximum atomic E-state index is 12.2. The molecule has 0 radical (unpaired) electrons. The summed E-state index contributed by atoms with van der Waals surface area (Å²) in [4.78, 5) is 12.2. The van der Waals surface area contributed by atoms with Gasteiger partial charge in [-0.25, -0.2) is 4.79 Å². The summed E-state index contributed by atoms with van der Waals surface area (Å²) >= 11 is 0. The fourth-order valence-corrected chi connectivity index (χ4v) is 5.20. The number of carbonyl (C=O) groups is 1. The first kappa shape index (κ1) is 14.2. The maximum Gasteiger partial charge on any atom is 0.315 e. The Balaban J connectivity index is 1.51. The molecule has 4 bridgehead atoms. The monoisotopic (exact) mass is 279 g/mol. The predicted octanol–water partition coefficient (Wildman–Crippen LogP) is 2.24. The van der Waals surface area contributed by atoms with Crippen LogP contribution < -0.4 is 16.4 Å². The van der Waals surface area contributed by atoms with Crippen LogP contribution in [0.4, 0.5) is 4.79 Å². The van der Waals surface area contributed by atoms with Crippen LogP contribution in [0.15, 0.2) is 0 Å².